The Balaban J connectivity index is 1.93. The van der Waals surface area contributed by atoms with Gasteiger partial charge in [0.2, 0.25) is 10.0 Å². The van der Waals surface area contributed by atoms with Gasteiger partial charge in [0.1, 0.15) is 5.75 Å². The first-order valence-electron chi connectivity index (χ1n) is 7.81. The molecule has 2 aliphatic rings. The molecule has 5 heteroatoms. The third-order valence-corrected chi connectivity index (χ3v) is 6.95. The summed E-state index contributed by atoms with van der Waals surface area (Å²) in [4.78, 5) is 0.363. The van der Waals surface area contributed by atoms with Crippen LogP contribution in [0.1, 0.15) is 40.0 Å². The predicted octanol–water partition coefficient (Wildman–Crippen LogP) is 3.28. The molecule has 1 saturated heterocycles. The Hall–Kier alpha value is -1.07. The third-order valence-electron chi connectivity index (χ3n) is 5.03. The van der Waals surface area contributed by atoms with E-state index in [9.17, 15) is 8.42 Å². The van der Waals surface area contributed by atoms with E-state index in [4.69, 9.17) is 4.74 Å². The van der Waals surface area contributed by atoms with Crippen molar-refractivity contribution < 1.29 is 13.2 Å². The van der Waals surface area contributed by atoms with Crippen molar-refractivity contribution >= 4 is 10.0 Å². The van der Waals surface area contributed by atoms with E-state index in [0.29, 0.717) is 17.2 Å². The predicted molar refractivity (Wildman–Crippen MR) is 86.4 cm³/mol. The second kappa shape index (κ2) is 4.96. The Labute approximate surface area is 133 Å². The van der Waals surface area contributed by atoms with Gasteiger partial charge in [-0.2, -0.15) is 4.31 Å². The molecule has 0 aromatic heterocycles. The SMILES string of the molecule is COc1ccc(S(=O)(=O)N2C[C@]3(C)C[C@@H]2CC(C)(C)C3)cc1. The first kappa shape index (κ1) is 15.8. The summed E-state index contributed by atoms with van der Waals surface area (Å²) in [6, 6.07) is 6.83. The van der Waals surface area contributed by atoms with Crippen LogP contribution < -0.4 is 4.74 Å². The van der Waals surface area contributed by atoms with Gasteiger partial charge in [-0.05, 0) is 54.4 Å². The number of rotatable bonds is 3. The van der Waals surface area contributed by atoms with Crippen molar-refractivity contribution in [2.75, 3.05) is 13.7 Å². The minimum Gasteiger partial charge on any atom is -0.497 e. The van der Waals surface area contributed by atoms with E-state index in [0.717, 1.165) is 19.3 Å². The highest BCUT2D eigenvalue weighted by Crippen LogP contribution is 2.53. The Bertz CT molecular complexity index is 666. The van der Waals surface area contributed by atoms with E-state index in [2.05, 4.69) is 20.8 Å². The van der Waals surface area contributed by atoms with Gasteiger partial charge in [0.15, 0.2) is 0 Å². The fourth-order valence-corrected chi connectivity index (χ4v) is 6.35. The molecule has 122 valence electrons. The molecule has 2 fully saturated rings. The maximum absolute atomic E-state index is 13.0. The molecule has 2 atom stereocenters. The summed E-state index contributed by atoms with van der Waals surface area (Å²) in [6.45, 7) is 7.36. The smallest absolute Gasteiger partial charge is 0.243 e. The fourth-order valence-electron chi connectivity index (χ4n) is 4.57. The van der Waals surface area contributed by atoms with Crippen molar-refractivity contribution in [1.29, 1.82) is 0 Å². The summed E-state index contributed by atoms with van der Waals surface area (Å²) in [7, 11) is -1.85. The highest BCUT2D eigenvalue weighted by Gasteiger charge is 2.53. The second-order valence-electron chi connectivity index (χ2n) is 7.94. The minimum absolute atomic E-state index is 0.103. The maximum Gasteiger partial charge on any atom is 0.243 e. The summed E-state index contributed by atoms with van der Waals surface area (Å²) >= 11 is 0. The number of fused-ring (bicyclic) bond motifs is 2. The number of ether oxygens (including phenoxy) is 1. The lowest BCUT2D eigenvalue weighted by Gasteiger charge is -2.39. The first-order valence-corrected chi connectivity index (χ1v) is 9.25. The number of benzene rings is 1. The zero-order valence-corrected chi connectivity index (χ0v) is 14.6. The van der Waals surface area contributed by atoms with E-state index in [1.54, 1.807) is 35.7 Å². The van der Waals surface area contributed by atoms with Crippen molar-refractivity contribution in [2.24, 2.45) is 10.8 Å². The van der Waals surface area contributed by atoms with Gasteiger partial charge in [0.25, 0.3) is 0 Å². The highest BCUT2D eigenvalue weighted by molar-refractivity contribution is 7.89. The van der Waals surface area contributed by atoms with Crippen LogP contribution in [0.2, 0.25) is 0 Å². The highest BCUT2D eigenvalue weighted by atomic mass is 32.2. The summed E-state index contributed by atoms with van der Waals surface area (Å²) in [5.41, 5.74) is 0.313. The van der Waals surface area contributed by atoms with Gasteiger partial charge in [0, 0.05) is 12.6 Å². The molecule has 3 rings (SSSR count). The van der Waals surface area contributed by atoms with Crippen LogP contribution in [0.4, 0.5) is 0 Å². The van der Waals surface area contributed by atoms with Gasteiger partial charge in [-0.15, -0.1) is 0 Å². The quantitative estimate of drug-likeness (QED) is 0.857. The molecule has 0 spiro atoms. The van der Waals surface area contributed by atoms with E-state index < -0.39 is 10.0 Å². The van der Waals surface area contributed by atoms with Crippen molar-refractivity contribution in [1.82, 2.24) is 4.31 Å². The Morgan fingerprint density at radius 1 is 1.14 bits per heavy atom. The molecule has 0 radical (unpaired) electrons. The van der Waals surface area contributed by atoms with Crippen LogP contribution in [0.15, 0.2) is 29.2 Å². The first-order chi connectivity index (χ1) is 10.2. The molecule has 1 aromatic carbocycles. The Morgan fingerprint density at radius 2 is 1.77 bits per heavy atom. The van der Waals surface area contributed by atoms with Gasteiger partial charge < -0.3 is 4.74 Å². The topological polar surface area (TPSA) is 46.6 Å². The van der Waals surface area contributed by atoms with Gasteiger partial charge in [-0.1, -0.05) is 20.8 Å². The van der Waals surface area contributed by atoms with Crippen LogP contribution in [0, 0.1) is 10.8 Å². The number of hydrogen-bond acceptors (Lipinski definition) is 3. The van der Waals surface area contributed by atoms with Gasteiger partial charge in [0.05, 0.1) is 12.0 Å². The average molecular weight is 323 g/mol. The van der Waals surface area contributed by atoms with Crippen molar-refractivity contribution in [3.05, 3.63) is 24.3 Å². The molecule has 0 unspecified atom stereocenters. The normalized spacial score (nSPS) is 31.2. The van der Waals surface area contributed by atoms with Gasteiger partial charge in [-0.3, -0.25) is 0 Å². The summed E-state index contributed by atoms with van der Waals surface area (Å²) < 4.78 is 32.9. The van der Waals surface area contributed by atoms with E-state index >= 15 is 0 Å². The van der Waals surface area contributed by atoms with Crippen LogP contribution >= 0.6 is 0 Å². The summed E-state index contributed by atoms with van der Waals surface area (Å²) in [5, 5.41) is 0. The molecule has 1 aromatic rings. The number of nitrogens with zero attached hydrogens (tertiary/aromatic N) is 1. The molecule has 2 bridgehead atoms. The molecular weight excluding hydrogens is 298 g/mol. The Kier molecular flexibility index (Phi) is 3.57. The lowest BCUT2D eigenvalue weighted by Crippen LogP contribution is -2.37. The molecule has 1 heterocycles. The largest absolute Gasteiger partial charge is 0.497 e. The van der Waals surface area contributed by atoms with Crippen molar-refractivity contribution in [3.63, 3.8) is 0 Å². The number of hydrogen-bond donors (Lipinski definition) is 0. The molecular formula is C17H25NO3S. The van der Waals surface area contributed by atoms with E-state index in [1.165, 1.54) is 0 Å². The average Bonchev–Trinajstić information content (AvgIpc) is 2.68. The monoisotopic (exact) mass is 323 g/mol. The molecule has 0 N–H and O–H groups in total. The lowest BCUT2D eigenvalue weighted by atomic mass is 9.65. The van der Waals surface area contributed by atoms with E-state index in [-0.39, 0.29) is 16.9 Å². The van der Waals surface area contributed by atoms with E-state index in [1.807, 2.05) is 0 Å². The van der Waals surface area contributed by atoms with Crippen molar-refractivity contribution in [2.45, 2.75) is 51.0 Å². The van der Waals surface area contributed by atoms with Crippen LogP contribution in [-0.2, 0) is 10.0 Å². The Morgan fingerprint density at radius 3 is 2.36 bits per heavy atom. The van der Waals surface area contributed by atoms with Crippen LogP contribution in [-0.4, -0.2) is 32.4 Å². The molecule has 1 saturated carbocycles. The number of sulfonamides is 1. The zero-order chi connectivity index (χ0) is 16.2. The summed E-state index contributed by atoms with van der Waals surface area (Å²) in [5.74, 6) is 0.673. The van der Waals surface area contributed by atoms with Crippen LogP contribution in [0.3, 0.4) is 0 Å². The van der Waals surface area contributed by atoms with Gasteiger partial charge >= 0.3 is 0 Å². The standard InChI is InChI=1S/C17H25NO3S/c1-16(2)9-13-10-17(3,11-16)12-18(13)22(19,20)15-7-5-14(21-4)6-8-15/h5-8,13H,9-12H2,1-4H3/t13-,17+/m0/s1. The molecule has 4 nitrogen and oxygen atoms in total. The fraction of sp³-hybridized carbons (Fsp3) is 0.647. The van der Waals surface area contributed by atoms with Crippen molar-refractivity contribution in [3.8, 4) is 5.75 Å². The summed E-state index contributed by atoms with van der Waals surface area (Å²) in [6.07, 6.45) is 3.01. The second-order valence-corrected chi connectivity index (χ2v) is 9.83. The van der Waals surface area contributed by atoms with Gasteiger partial charge in [-0.25, -0.2) is 8.42 Å². The van der Waals surface area contributed by atoms with Crippen LogP contribution in [0.5, 0.6) is 5.75 Å². The minimum atomic E-state index is -3.43. The van der Waals surface area contributed by atoms with Crippen LogP contribution in [0.25, 0.3) is 0 Å². The molecule has 22 heavy (non-hydrogen) atoms. The molecule has 0 amide bonds. The number of methoxy groups -OCH3 is 1. The lowest BCUT2D eigenvalue weighted by molar-refractivity contribution is 0.133. The zero-order valence-electron chi connectivity index (χ0n) is 13.8. The maximum atomic E-state index is 13.0. The third kappa shape index (κ3) is 2.65. The molecule has 1 aliphatic carbocycles. The molecule has 1 aliphatic heterocycles.